The fraction of sp³-hybridized carbons (Fsp3) is 0.348. The standard InChI is InChI=1S/C23H24Cl2N2/c1-23(14-6-3-7-15-23)19-12-10-18(11-13-19)21(17-8-4-2-5-9-17)27-16-20(24)26-22(27)25/h2,4-5,8-13,16,21H,3,6-7,14-15H2,1H3. The third kappa shape index (κ3) is 3.79. The van der Waals surface area contributed by atoms with Crippen molar-refractivity contribution in [3.05, 3.63) is 87.9 Å². The van der Waals surface area contributed by atoms with Gasteiger partial charge in [0.15, 0.2) is 0 Å². The van der Waals surface area contributed by atoms with E-state index in [0.29, 0.717) is 15.9 Å². The largest absolute Gasteiger partial charge is 0.309 e. The van der Waals surface area contributed by atoms with Crippen LogP contribution in [-0.4, -0.2) is 9.55 Å². The van der Waals surface area contributed by atoms with Crippen LogP contribution in [0.15, 0.2) is 60.8 Å². The maximum atomic E-state index is 6.38. The smallest absolute Gasteiger partial charge is 0.205 e. The van der Waals surface area contributed by atoms with Gasteiger partial charge in [-0.2, -0.15) is 0 Å². The monoisotopic (exact) mass is 398 g/mol. The second kappa shape index (κ2) is 7.69. The molecule has 1 saturated carbocycles. The molecule has 1 atom stereocenters. The minimum Gasteiger partial charge on any atom is -0.309 e. The number of halogens is 2. The second-order valence-electron chi connectivity index (χ2n) is 7.80. The van der Waals surface area contributed by atoms with Crippen LogP contribution in [0.2, 0.25) is 10.4 Å². The Morgan fingerprint density at radius 3 is 2.11 bits per heavy atom. The molecule has 0 radical (unpaired) electrons. The van der Waals surface area contributed by atoms with Crippen LogP contribution < -0.4 is 0 Å². The maximum Gasteiger partial charge on any atom is 0.205 e. The van der Waals surface area contributed by atoms with E-state index in [-0.39, 0.29) is 6.04 Å². The summed E-state index contributed by atoms with van der Waals surface area (Å²) in [6.07, 6.45) is 8.37. The molecule has 2 nitrogen and oxygen atoms in total. The topological polar surface area (TPSA) is 17.8 Å². The summed E-state index contributed by atoms with van der Waals surface area (Å²) in [5.41, 5.74) is 4.08. The molecule has 27 heavy (non-hydrogen) atoms. The van der Waals surface area contributed by atoms with E-state index in [9.17, 15) is 0 Å². The maximum absolute atomic E-state index is 6.38. The van der Waals surface area contributed by atoms with E-state index >= 15 is 0 Å². The molecule has 4 rings (SSSR count). The number of benzene rings is 2. The molecule has 0 bridgehead atoms. The predicted octanol–water partition coefficient (Wildman–Crippen LogP) is 7.05. The van der Waals surface area contributed by atoms with Gasteiger partial charge in [-0.3, -0.25) is 0 Å². The molecule has 0 saturated heterocycles. The molecule has 1 aromatic heterocycles. The van der Waals surface area contributed by atoms with Crippen molar-refractivity contribution < 1.29 is 0 Å². The van der Waals surface area contributed by atoms with Crippen molar-refractivity contribution in [2.45, 2.75) is 50.5 Å². The average Bonchev–Trinajstić information content (AvgIpc) is 3.02. The van der Waals surface area contributed by atoms with E-state index < -0.39 is 0 Å². The van der Waals surface area contributed by atoms with Crippen molar-refractivity contribution in [1.29, 1.82) is 0 Å². The number of hydrogen-bond donors (Lipinski definition) is 0. The lowest BCUT2D eigenvalue weighted by Gasteiger charge is -2.34. The van der Waals surface area contributed by atoms with Gasteiger partial charge in [0.1, 0.15) is 5.15 Å². The van der Waals surface area contributed by atoms with Crippen LogP contribution in [0.1, 0.15) is 61.8 Å². The number of rotatable bonds is 4. The van der Waals surface area contributed by atoms with Crippen molar-refractivity contribution in [2.75, 3.05) is 0 Å². The molecular formula is C23H24Cl2N2. The molecule has 3 aromatic rings. The van der Waals surface area contributed by atoms with E-state index in [2.05, 4.69) is 48.3 Å². The van der Waals surface area contributed by atoms with Gasteiger partial charge in [-0.05, 0) is 46.5 Å². The molecule has 0 aliphatic heterocycles. The minimum atomic E-state index is -0.0492. The van der Waals surface area contributed by atoms with Crippen molar-refractivity contribution >= 4 is 23.2 Å². The Labute approximate surface area is 171 Å². The first-order valence-corrected chi connectivity index (χ1v) is 10.4. The van der Waals surface area contributed by atoms with Gasteiger partial charge in [0.25, 0.3) is 0 Å². The van der Waals surface area contributed by atoms with Crippen LogP contribution in [0.4, 0.5) is 0 Å². The summed E-state index contributed by atoms with van der Waals surface area (Å²) in [4.78, 5) is 4.18. The van der Waals surface area contributed by atoms with Crippen molar-refractivity contribution in [3.63, 3.8) is 0 Å². The van der Waals surface area contributed by atoms with Crippen LogP contribution >= 0.6 is 23.2 Å². The Morgan fingerprint density at radius 1 is 0.889 bits per heavy atom. The SMILES string of the molecule is CC1(c2ccc(C(c3ccccc3)n3cc(Cl)nc3Cl)cc2)CCCCC1. The molecule has 140 valence electrons. The molecule has 0 amide bonds. The predicted molar refractivity (Wildman–Crippen MR) is 113 cm³/mol. The van der Waals surface area contributed by atoms with Gasteiger partial charge in [-0.25, -0.2) is 4.98 Å². The van der Waals surface area contributed by atoms with Gasteiger partial charge in [-0.1, -0.05) is 92.4 Å². The molecule has 1 fully saturated rings. The number of hydrogen-bond acceptors (Lipinski definition) is 1. The Bertz CT molecular complexity index is 894. The van der Waals surface area contributed by atoms with Gasteiger partial charge in [0.2, 0.25) is 5.28 Å². The van der Waals surface area contributed by atoms with Crippen molar-refractivity contribution in [1.82, 2.24) is 9.55 Å². The highest BCUT2D eigenvalue weighted by atomic mass is 35.5. The van der Waals surface area contributed by atoms with Gasteiger partial charge in [0, 0.05) is 6.20 Å². The summed E-state index contributed by atoms with van der Waals surface area (Å²) in [6.45, 7) is 2.41. The molecular weight excluding hydrogens is 375 g/mol. The second-order valence-corrected chi connectivity index (χ2v) is 8.52. The van der Waals surface area contributed by atoms with Gasteiger partial charge in [-0.15, -0.1) is 0 Å². The van der Waals surface area contributed by atoms with Crippen LogP contribution in [0.5, 0.6) is 0 Å². The first-order valence-electron chi connectivity index (χ1n) is 9.62. The van der Waals surface area contributed by atoms with E-state index in [4.69, 9.17) is 23.2 Å². The molecule has 1 unspecified atom stereocenters. The minimum absolute atomic E-state index is 0.0492. The van der Waals surface area contributed by atoms with E-state index in [1.54, 1.807) is 6.20 Å². The van der Waals surface area contributed by atoms with Gasteiger partial charge < -0.3 is 4.57 Å². The van der Waals surface area contributed by atoms with Crippen LogP contribution in [-0.2, 0) is 5.41 Å². The molecule has 1 aliphatic rings. The lowest BCUT2D eigenvalue weighted by Crippen LogP contribution is -2.25. The molecule has 4 heteroatoms. The fourth-order valence-electron chi connectivity index (χ4n) is 4.36. The summed E-state index contributed by atoms with van der Waals surface area (Å²) < 4.78 is 1.94. The Balaban J connectivity index is 1.73. The van der Waals surface area contributed by atoms with E-state index in [1.807, 2.05) is 22.8 Å². The summed E-state index contributed by atoms with van der Waals surface area (Å²) >= 11 is 12.5. The molecule has 0 N–H and O–H groups in total. The zero-order valence-electron chi connectivity index (χ0n) is 15.5. The average molecular weight is 399 g/mol. The third-order valence-corrected chi connectivity index (χ3v) is 6.39. The summed E-state index contributed by atoms with van der Waals surface area (Å²) in [5, 5.41) is 0.810. The lowest BCUT2D eigenvalue weighted by atomic mass is 9.71. The van der Waals surface area contributed by atoms with E-state index in [0.717, 1.165) is 5.56 Å². The van der Waals surface area contributed by atoms with E-state index in [1.165, 1.54) is 43.2 Å². The van der Waals surface area contributed by atoms with Crippen LogP contribution in [0.3, 0.4) is 0 Å². The van der Waals surface area contributed by atoms with Gasteiger partial charge >= 0.3 is 0 Å². The van der Waals surface area contributed by atoms with Crippen molar-refractivity contribution in [3.8, 4) is 0 Å². The highest BCUT2D eigenvalue weighted by molar-refractivity contribution is 6.32. The Kier molecular flexibility index (Phi) is 5.29. The zero-order valence-corrected chi connectivity index (χ0v) is 17.0. The molecule has 1 heterocycles. The zero-order chi connectivity index (χ0) is 18.9. The lowest BCUT2D eigenvalue weighted by molar-refractivity contribution is 0.319. The van der Waals surface area contributed by atoms with Crippen molar-refractivity contribution in [2.24, 2.45) is 0 Å². The summed E-state index contributed by atoms with van der Waals surface area (Å²) in [6, 6.07) is 19.4. The molecule has 2 aromatic carbocycles. The normalized spacial score (nSPS) is 17.6. The Hall–Kier alpha value is -1.77. The quantitative estimate of drug-likeness (QED) is 0.460. The molecule has 0 spiro atoms. The van der Waals surface area contributed by atoms with Crippen LogP contribution in [0, 0.1) is 0 Å². The summed E-state index contributed by atoms with van der Waals surface area (Å²) in [5.74, 6) is 0. The number of nitrogens with zero attached hydrogens (tertiary/aromatic N) is 2. The van der Waals surface area contributed by atoms with Crippen LogP contribution in [0.25, 0.3) is 0 Å². The highest BCUT2D eigenvalue weighted by Crippen LogP contribution is 2.40. The van der Waals surface area contributed by atoms with Gasteiger partial charge in [0.05, 0.1) is 6.04 Å². The Morgan fingerprint density at radius 2 is 1.52 bits per heavy atom. The highest BCUT2D eigenvalue weighted by Gasteiger charge is 2.29. The third-order valence-electron chi connectivity index (χ3n) is 5.93. The summed E-state index contributed by atoms with van der Waals surface area (Å²) in [7, 11) is 0. The first-order chi connectivity index (χ1) is 13.1. The number of aromatic nitrogens is 2. The number of imidazole rings is 1. The fourth-order valence-corrected chi connectivity index (χ4v) is 4.83. The molecule has 1 aliphatic carbocycles. The first kappa shape index (κ1) is 18.6.